The topological polar surface area (TPSA) is 154 Å². The number of allylic oxidation sites excluding steroid dienone is 1. The Hall–Kier alpha value is -2.01. The van der Waals surface area contributed by atoms with Crippen molar-refractivity contribution >= 4 is 17.8 Å². The molecule has 10 heteroatoms. The number of hydrogen-bond acceptors (Lipinski definition) is 8. The molecule has 2 amide bonds. The van der Waals surface area contributed by atoms with Crippen molar-refractivity contribution in [1.29, 1.82) is 0 Å². The molecule has 6 atom stereocenters. The van der Waals surface area contributed by atoms with Gasteiger partial charge in [-0.3, -0.25) is 14.4 Å². The van der Waals surface area contributed by atoms with E-state index in [1.165, 1.54) is 13.2 Å². The highest BCUT2D eigenvalue weighted by Gasteiger charge is 2.38. The molecular weight excluding hydrogens is 468 g/mol. The Morgan fingerprint density at radius 1 is 1.03 bits per heavy atom. The second-order valence-electron chi connectivity index (χ2n) is 11.0. The van der Waals surface area contributed by atoms with Crippen molar-refractivity contribution in [3.8, 4) is 0 Å². The van der Waals surface area contributed by atoms with Crippen LogP contribution in [0, 0.1) is 11.3 Å². The highest BCUT2D eigenvalue weighted by atomic mass is 16.5. The minimum Gasteiger partial charge on any atom is -0.460 e. The van der Waals surface area contributed by atoms with Crippen LogP contribution in [0.25, 0.3) is 0 Å². The van der Waals surface area contributed by atoms with Gasteiger partial charge in [0.25, 0.3) is 5.91 Å². The number of aliphatic hydroxyl groups is 3. The van der Waals surface area contributed by atoms with Gasteiger partial charge in [0, 0.05) is 7.11 Å². The molecule has 1 saturated carbocycles. The normalized spacial score (nSPS) is 25.7. The van der Waals surface area contributed by atoms with Crippen molar-refractivity contribution < 1.29 is 39.2 Å². The molecular formula is C26H44N2O8. The van der Waals surface area contributed by atoms with Crippen LogP contribution in [-0.2, 0) is 23.9 Å². The molecule has 206 valence electrons. The summed E-state index contributed by atoms with van der Waals surface area (Å²) in [4.78, 5) is 38.0. The van der Waals surface area contributed by atoms with E-state index in [0.29, 0.717) is 6.42 Å². The first-order valence-electron chi connectivity index (χ1n) is 13.0. The second-order valence-corrected chi connectivity index (χ2v) is 11.0. The summed E-state index contributed by atoms with van der Waals surface area (Å²) < 4.78 is 10.8. The summed E-state index contributed by atoms with van der Waals surface area (Å²) in [5.74, 6) is -1.57. The fraction of sp³-hybridized carbons (Fsp3) is 0.808. The number of carbonyl (C=O) groups is 3. The number of ether oxygens (including phenoxy) is 2. The molecule has 0 bridgehead atoms. The zero-order chi connectivity index (χ0) is 26.9. The van der Waals surface area contributed by atoms with Crippen LogP contribution >= 0.6 is 0 Å². The summed E-state index contributed by atoms with van der Waals surface area (Å²) in [6, 6.07) is -0.924. The van der Waals surface area contributed by atoms with Crippen LogP contribution in [0.4, 0.5) is 0 Å². The molecule has 1 saturated heterocycles. The maximum Gasteiger partial charge on any atom is 0.309 e. The Labute approximate surface area is 213 Å². The maximum absolute atomic E-state index is 12.8. The highest BCUT2D eigenvalue weighted by Crippen LogP contribution is 2.25. The molecule has 2 rings (SSSR count). The van der Waals surface area contributed by atoms with Crippen molar-refractivity contribution in [2.75, 3.05) is 13.7 Å². The summed E-state index contributed by atoms with van der Waals surface area (Å²) in [6.45, 7) is 5.88. The molecule has 0 aromatic carbocycles. The Morgan fingerprint density at radius 2 is 1.67 bits per heavy atom. The van der Waals surface area contributed by atoms with Crippen LogP contribution in [-0.4, -0.2) is 83.3 Å². The summed E-state index contributed by atoms with van der Waals surface area (Å²) >= 11 is 0. The molecule has 2 fully saturated rings. The van der Waals surface area contributed by atoms with Crippen LogP contribution in [0.15, 0.2) is 12.2 Å². The number of amides is 2. The van der Waals surface area contributed by atoms with E-state index in [4.69, 9.17) is 9.47 Å². The van der Waals surface area contributed by atoms with Gasteiger partial charge in [0.2, 0.25) is 5.91 Å². The Bertz CT molecular complexity index is 758. The number of methoxy groups -OCH3 is 1. The van der Waals surface area contributed by atoms with Gasteiger partial charge in [-0.2, -0.15) is 0 Å². The van der Waals surface area contributed by atoms with Gasteiger partial charge in [0.05, 0.1) is 12.5 Å². The van der Waals surface area contributed by atoms with Crippen molar-refractivity contribution in [1.82, 2.24) is 10.6 Å². The van der Waals surface area contributed by atoms with E-state index >= 15 is 0 Å². The average molecular weight is 513 g/mol. The monoisotopic (exact) mass is 512 g/mol. The Morgan fingerprint density at radius 3 is 2.25 bits per heavy atom. The number of rotatable bonds is 9. The minimum absolute atomic E-state index is 0.106. The molecule has 2 aliphatic rings. The highest BCUT2D eigenvalue weighted by molar-refractivity contribution is 5.89. The van der Waals surface area contributed by atoms with E-state index in [1.807, 2.05) is 20.8 Å². The first-order chi connectivity index (χ1) is 16.9. The van der Waals surface area contributed by atoms with Crippen LogP contribution in [0.1, 0.15) is 72.1 Å². The quantitative estimate of drug-likeness (QED) is 0.174. The molecule has 36 heavy (non-hydrogen) atoms. The average Bonchev–Trinajstić information content (AvgIpc) is 3.19. The van der Waals surface area contributed by atoms with Crippen molar-refractivity contribution in [3.63, 3.8) is 0 Å². The first kappa shape index (κ1) is 30.2. The predicted molar refractivity (Wildman–Crippen MR) is 133 cm³/mol. The third-order valence-electron chi connectivity index (χ3n) is 6.70. The SMILES string of the molecule is COC(C(=O)NC1CCC(OC(=O)C2CCCCCC2)CNC1=O)C(O)C(O)C(O)/C=C/C(C)(C)C. The lowest BCUT2D eigenvalue weighted by molar-refractivity contribution is -0.155. The number of aliphatic hydroxyl groups excluding tert-OH is 3. The van der Waals surface area contributed by atoms with Gasteiger partial charge in [-0.25, -0.2) is 0 Å². The fourth-order valence-corrected chi connectivity index (χ4v) is 4.47. The molecule has 0 spiro atoms. The summed E-state index contributed by atoms with van der Waals surface area (Å²) in [5, 5.41) is 36.3. The minimum atomic E-state index is -1.74. The third-order valence-corrected chi connectivity index (χ3v) is 6.70. The van der Waals surface area contributed by atoms with E-state index in [9.17, 15) is 29.7 Å². The van der Waals surface area contributed by atoms with Crippen LogP contribution in [0.2, 0.25) is 0 Å². The number of esters is 1. The molecule has 10 nitrogen and oxygen atoms in total. The summed E-state index contributed by atoms with van der Waals surface area (Å²) in [5.41, 5.74) is -0.252. The van der Waals surface area contributed by atoms with Gasteiger partial charge < -0.3 is 35.4 Å². The van der Waals surface area contributed by atoms with E-state index < -0.39 is 48.4 Å². The molecule has 1 aliphatic heterocycles. The van der Waals surface area contributed by atoms with E-state index in [0.717, 1.165) is 38.5 Å². The second kappa shape index (κ2) is 14.1. The van der Waals surface area contributed by atoms with Crippen LogP contribution in [0.5, 0.6) is 0 Å². The van der Waals surface area contributed by atoms with Gasteiger partial charge in [-0.15, -0.1) is 0 Å². The molecule has 0 radical (unpaired) electrons. The number of nitrogens with one attached hydrogen (secondary N) is 2. The standard InChI is InChI=1S/C26H44N2O8/c1-26(2,3)14-13-19(29)20(30)21(31)22(35-4)24(33)28-18-12-11-17(15-27-23(18)32)36-25(34)16-9-7-5-6-8-10-16/h13-14,16-22,29-31H,5-12,15H2,1-4H3,(H,27,32)(H,28,33)/b14-13+. The van der Waals surface area contributed by atoms with Crippen molar-refractivity contribution in [3.05, 3.63) is 12.2 Å². The molecule has 6 unspecified atom stereocenters. The van der Waals surface area contributed by atoms with Crippen LogP contribution < -0.4 is 10.6 Å². The lowest BCUT2D eigenvalue weighted by Gasteiger charge is -2.28. The summed E-state index contributed by atoms with van der Waals surface area (Å²) in [6.07, 6.45) is 2.73. The fourth-order valence-electron chi connectivity index (χ4n) is 4.47. The van der Waals surface area contributed by atoms with Gasteiger partial charge >= 0.3 is 5.97 Å². The van der Waals surface area contributed by atoms with E-state index in [2.05, 4.69) is 10.6 Å². The van der Waals surface area contributed by atoms with Crippen molar-refractivity contribution in [2.45, 2.75) is 109 Å². The van der Waals surface area contributed by atoms with Crippen molar-refractivity contribution in [2.24, 2.45) is 11.3 Å². The van der Waals surface area contributed by atoms with E-state index in [1.54, 1.807) is 6.08 Å². The maximum atomic E-state index is 12.8. The van der Waals surface area contributed by atoms with Gasteiger partial charge in [-0.1, -0.05) is 58.6 Å². The molecule has 5 N–H and O–H groups in total. The first-order valence-corrected chi connectivity index (χ1v) is 13.0. The van der Waals surface area contributed by atoms with Gasteiger partial charge in [0.15, 0.2) is 6.10 Å². The van der Waals surface area contributed by atoms with Gasteiger partial charge in [0.1, 0.15) is 30.5 Å². The lowest BCUT2D eigenvalue weighted by Crippen LogP contribution is -2.55. The largest absolute Gasteiger partial charge is 0.460 e. The molecule has 1 heterocycles. The zero-order valence-electron chi connectivity index (χ0n) is 21.9. The summed E-state index contributed by atoms with van der Waals surface area (Å²) in [7, 11) is 1.19. The molecule has 0 aromatic heterocycles. The Balaban J connectivity index is 1.92. The zero-order valence-corrected chi connectivity index (χ0v) is 21.9. The van der Waals surface area contributed by atoms with E-state index in [-0.39, 0.29) is 30.3 Å². The third kappa shape index (κ3) is 9.46. The molecule has 1 aliphatic carbocycles. The lowest BCUT2D eigenvalue weighted by atomic mass is 9.94. The predicted octanol–water partition coefficient (Wildman–Crippen LogP) is 0.963. The van der Waals surface area contributed by atoms with Gasteiger partial charge in [-0.05, 0) is 31.1 Å². The van der Waals surface area contributed by atoms with Crippen LogP contribution in [0.3, 0.4) is 0 Å². The smallest absolute Gasteiger partial charge is 0.309 e. The number of hydrogen-bond donors (Lipinski definition) is 5. The molecule has 0 aromatic rings. The Kier molecular flexibility index (Phi) is 11.8. The number of carbonyl (C=O) groups excluding carboxylic acids is 3.